The summed E-state index contributed by atoms with van der Waals surface area (Å²) in [6.07, 6.45) is -2.78. The molecule has 6 heteroatoms. The van der Waals surface area contributed by atoms with Gasteiger partial charge in [-0.2, -0.15) is 0 Å². The molecule has 0 amide bonds. The monoisotopic (exact) mass is 281 g/mol. The van der Waals surface area contributed by atoms with Crippen LogP contribution in [0.2, 0.25) is 0 Å². The minimum Gasteiger partial charge on any atom is -0.807 e. The van der Waals surface area contributed by atoms with E-state index in [0.29, 0.717) is 26.3 Å². The van der Waals surface area contributed by atoms with Crippen LogP contribution in [0.3, 0.4) is 0 Å². The van der Waals surface area contributed by atoms with E-state index in [1.54, 1.807) is 0 Å². The number of benzene rings is 1. The molecule has 0 spiro atoms. The van der Waals surface area contributed by atoms with Crippen LogP contribution in [0, 0.1) is 0 Å². The summed E-state index contributed by atoms with van der Waals surface area (Å²) in [7, 11) is 0. The fourth-order valence-electron chi connectivity index (χ4n) is 1.60. The predicted octanol–water partition coefficient (Wildman–Crippen LogP) is -2.68. The average molecular weight is 281 g/mol. The molecule has 0 bridgehead atoms. The van der Waals surface area contributed by atoms with E-state index in [9.17, 15) is 4.89 Å². The Morgan fingerprint density at radius 2 is 1.75 bits per heavy atom. The van der Waals surface area contributed by atoms with Gasteiger partial charge < -0.3 is 9.63 Å². The van der Waals surface area contributed by atoms with E-state index in [1.807, 2.05) is 35.0 Å². The van der Waals surface area contributed by atoms with Crippen molar-refractivity contribution in [3.8, 4) is 0 Å². The van der Waals surface area contributed by atoms with Crippen molar-refractivity contribution in [3.63, 3.8) is 0 Å². The molecule has 1 fully saturated rings. The number of rotatable bonds is 2. The zero-order valence-corrected chi connectivity index (χ0v) is 14.2. The zero-order chi connectivity index (χ0) is 10.7. The van der Waals surface area contributed by atoms with Crippen molar-refractivity contribution in [1.82, 2.24) is 4.67 Å². The molecule has 1 aliphatic rings. The van der Waals surface area contributed by atoms with E-state index in [-0.39, 0.29) is 51.4 Å². The van der Waals surface area contributed by atoms with Crippen LogP contribution in [-0.4, -0.2) is 31.0 Å². The van der Waals surface area contributed by atoms with E-state index >= 15 is 0 Å². The van der Waals surface area contributed by atoms with E-state index in [1.165, 1.54) is 0 Å². The smallest absolute Gasteiger partial charge is 0.807 e. The van der Waals surface area contributed by atoms with Gasteiger partial charge in [-0.3, -0.25) is 4.67 Å². The molecule has 1 aromatic rings. The molecule has 82 valence electrons. The van der Waals surface area contributed by atoms with Gasteiger partial charge in [0.25, 0.3) is 0 Å². The van der Waals surface area contributed by atoms with Crippen LogP contribution < -0.4 is 61.6 Å². The van der Waals surface area contributed by atoms with Crippen LogP contribution in [0.5, 0.6) is 0 Å². The average Bonchev–Trinajstić information content (AvgIpc) is 2.31. The maximum atomic E-state index is 12.5. The van der Waals surface area contributed by atoms with E-state index < -0.39 is 6.42 Å². The Hall–Kier alpha value is 1.39. The van der Waals surface area contributed by atoms with Crippen LogP contribution in [0.25, 0.3) is 0 Å². The van der Waals surface area contributed by atoms with Gasteiger partial charge >= 0.3 is 51.4 Å². The molecule has 0 aromatic heterocycles. The maximum absolute atomic E-state index is 12.5. The molecule has 1 atom stereocenters. The van der Waals surface area contributed by atoms with Gasteiger partial charge in [-0.15, -0.1) is 0 Å². The Labute approximate surface area is 144 Å². The van der Waals surface area contributed by atoms with Crippen molar-refractivity contribution in [2.24, 2.45) is 0 Å². The van der Waals surface area contributed by atoms with Crippen molar-refractivity contribution < 1.29 is 61.0 Å². The van der Waals surface area contributed by atoms with Crippen molar-refractivity contribution in [1.29, 1.82) is 0 Å². The number of hydrogen-bond donors (Lipinski definition) is 0. The molecule has 0 aliphatic carbocycles. The molecule has 1 saturated heterocycles. The molecule has 1 aliphatic heterocycles. The molecule has 1 heterocycles. The minimum absolute atomic E-state index is 0. The molecule has 1 unspecified atom stereocenters. The van der Waals surface area contributed by atoms with Crippen LogP contribution in [0.4, 0.5) is 0 Å². The first kappa shape index (κ1) is 15.4. The van der Waals surface area contributed by atoms with Gasteiger partial charge in [0.1, 0.15) is 0 Å². The van der Waals surface area contributed by atoms with Crippen LogP contribution in [-0.2, 0) is 16.5 Å². The first-order valence-electron chi connectivity index (χ1n) is 4.91. The van der Waals surface area contributed by atoms with E-state index in [2.05, 4.69) is 0 Å². The van der Waals surface area contributed by atoms with Crippen molar-refractivity contribution >= 4 is 23.5 Å². The molecular weight excluding hydrogens is 268 g/mol. The fourth-order valence-corrected chi connectivity index (χ4v) is 4.02. The van der Waals surface area contributed by atoms with Crippen LogP contribution >= 0.6 is 6.42 Å². The SMILES string of the molecule is [K+].[O-]P(=S)(c1ccccc1)N1CCOCC1. The van der Waals surface area contributed by atoms with Gasteiger partial charge in [0.15, 0.2) is 0 Å². The van der Waals surface area contributed by atoms with Crippen LogP contribution in [0.15, 0.2) is 30.3 Å². The first-order valence-corrected chi connectivity index (χ1v) is 7.58. The number of ether oxygens (including phenoxy) is 1. The standard InChI is InChI=1S/C10H14NO2PS.K/c12-14(15,10-4-2-1-3-5-10)11-6-8-13-9-7-11;/h1-5H,6-9H2,(H,12,15);/q;+1/p-1. The van der Waals surface area contributed by atoms with Gasteiger partial charge in [-0.05, 0) is 11.7 Å². The summed E-state index contributed by atoms with van der Waals surface area (Å²) < 4.78 is 7.08. The summed E-state index contributed by atoms with van der Waals surface area (Å²) in [6, 6.07) is 9.31. The molecule has 16 heavy (non-hydrogen) atoms. The molecule has 2 rings (SSSR count). The van der Waals surface area contributed by atoms with Gasteiger partial charge in [0.2, 0.25) is 0 Å². The second-order valence-corrected chi connectivity index (χ2v) is 7.03. The molecule has 0 N–H and O–H groups in total. The Morgan fingerprint density at radius 1 is 1.19 bits per heavy atom. The molecular formula is C10H13KNO2PS. The summed E-state index contributed by atoms with van der Waals surface area (Å²) in [5.41, 5.74) is 0. The zero-order valence-electron chi connectivity index (χ0n) is 9.33. The summed E-state index contributed by atoms with van der Waals surface area (Å²) in [4.78, 5) is 12.5. The molecule has 0 radical (unpaired) electrons. The Morgan fingerprint density at radius 3 is 2.31 bits per heavy atom. The Kier molecular flexibility index (Phi) is 6.85. The van der Waals surface area contributed by atoms with Crippen molar-refractivity contribution in [3.05, 3.63) is 30.3 Å². The van der Waals surface area contributed by atoms with Crippen molar-refractivity contribution in [2.75, 3.05) is 26.3 Å². The Balaban J connectivity index is 0.00000128. The Bertz CT molecular complexity index is 370. The normalized spacial score (nSPS) is 20.8. The van der Waals surface area contributed by atoms with E-state index in [0.717, 1.165) is 5.30 Å². The first-order chi connectivity index (χ1) is 7.21. The third-order valence-electron chi connectivity index (χ3n) is 2.44. The van der Waals surface area contributed by atoms with Crippen LogP contribution in [0.1, 0.15) is 0 Å². The molecule has 1 aromatic carbocycles. The van der Waals surface area contributed by atoms with Gasteiger partial charge in [-0.25, -0.2) is 0 Å². The number of morpholine rings is 1. The molecule has 3 nitrogen and oxygen atoms in total. The second-order valence-electron chi connectivity index (χ2n) is 3.42. The van der Waals surface area contributed by atoms with Gasteiger partial charge in [0.05, 0.1) is 13.2 Å². The number of nitrogens with zero attached hydrogens (tertiary/aromatic N) is 1. The predicted molar refractivity (Wildman–Crippen MR) is 62.8 cm³/mol. The quantitative estimate of drug-likeness (QED) is 0.437. The van der Waals surface area contributed by atoms with Gasteiger partial charge in [0, 0.05) is 13.1 Å². The molecule has 0 saturated carbocycles. The summed E-state index contributed by atoms with van der Waals surface area (Å²) >= 11 is 5.26. The topological polar surface area (TPSA) is 35.5 Å². The summed E-state index contributed by atoms with van der Waals surface area (Å²) in [5, 5.41) is 0.752. The van der Waals surface area contributed by atoms with Crippen molar-refractivity contribution in [2.45, 2.75) is 0 Å². The largest absolute Gasteiger partial charge is 1.00 e. The minimum atomic E-state index is -2.78. The second kappa shape index (κ2) is 7.09. The van der Waals surface area contributed by atoms with E-state index in [4.69, 9.17) is 16.5 Å². The maximum Gasteiger partial charge on any atom is 1.00 e. The summed E-state index contributed by atoms with van der Waals surface area (Å²) in [6.45, 7) is 2.56. The van der Waals surface area contributed by atoms with Gasteiger partial charge in [-0.1, -0.05) is 42.1 Å². The number of hydrogen-bond acceptors (Lipinski definition) is 3. The third-order valence-corrected chi connectivity index (χ3v) is 5.86. The fraction of sp³-hybridized carbons (Fsp3) is 0.400. The summed E-state index contributed by atoms with van der Waals surface area (Å²) in [5.74, 6) is 0. The third kappa shape index (κ3) is 3.69.